The molecule has 1 aliphatic rings. The van der Waals surface area contributed by atoms with Crippen molar-refractivity contribution in [2.45, 2.75) is 13.8 Å². The summed E-state index contributed by atoms with van der Waals surface area (Å²) in [7, 11) is 0. The molecule has 0 bridgehead atoms. The molecule has 29 heavy (non-hydrogen) atoms. The Bertz CT molecular complexity index is 1290. The van der Waals surface area contributed by atoms with Crippen LogP contribution in [-0.2, 0) is 4.79 Å². The van der Waals surface area contributed by atoms with Gasteiger partial charge >= 0.3 is 0 Å². The number of fused-ring (bicyclic) bond motifs is 2. The van der Waals surface area contributed by atoms with Gasteiger partial charge in [-0.15, -0.1) is 11.3 Å². The Kier molecular flexibility index (Phi) is 4.18. The smallest absolute Gasteiger partial charge is 0.256 e. The lowest BCUT2D eigenvalue weighted by Gasteiger charge is -2.02. The van der Waals surface area contributed by atoms with Gasteiger partial charge in [0.15, 0.2) is 0 Å². The molecule has 3 heterocycles. The van der Waals surface area contributed by atoms with Crippen LogP contribution in [-0.4, -0.2) is 15.9 Å². The van der Waals surface area contributed by atoms with Crippen molar-refractivity contribution in [3.8, 4) is 11.3 Å². The first kappa shape index (κ1) is 17.6. The van der Waals surface area contributed by atoms with Gasteiger partial charge in [0.2, 0.25) is 0 Å². The first-order valence-corrected chi connectivity index (χ1v) is 10.3. The maximum atomic E-state index is 12.6. The molecule has 1 amide bonds. The summed E-state index contributed by atoms with van der Waals surface area (Å²) in [6.07, 6.45) is 3.98. The molecule has 0 aliphatic carbocycles. The average Bonchev–Trinajstić information content (AvgIpc) is 3.44. The van der Waals surface area contributed by atoms with E-state index in [2.05, 4.69) is 40.8 Å². The van der Waals surface area contributed by atoms with E-state index in [1.807, 2.05) is 49.4 Å². The summed E-state index contributed by atoms with van der Waals surface area (Å²) in [6, 6.07) is 16.2. The molecule has 4 nitrogen and oxygen atoms in total. The molecule has 2 N–H and O–H groups in total. The molecule has 1 aliphatic heterocycles. The van der Waals surface area contributed by atoms with E-state index in [1.54, 1.807) is 11.3 Å². The standard InChI is InChI=1S/C24H19N3OS/c1-3-14(2)24-27-22(13-29-24)16-8-9-21-18(11-16)19(23(28)26-21)12-17-10-15-6-4-5-7-20(15)25-17/h3-13,25H,1-2H3,(H,26,28). The fourth-order valence-electron chi connectivity index (χ4n) is 3.53. The maximum Gasteiger partial charge on any atom is 0.256 e. The molecule has 0 fully saturated rings. The fourth-order valence-corrected chi connectivity index (χ4v) is 4.40. The van der Waals surface area contributed by atoms with E-state index in [-0.39, 0.29) is 5.91 Å². The minimum atomic E-state index is -0.0838. The van der Waals surface area contributed by atoms with Gasteiger partial charge in [-0.25, -0.2) is 4.98 Å². The highest BCUT2D eigenvalue weighted by molar-refractivity contribution is 7.11. The second-order valence-electron chi connectivity index (χ2n) is 7.09. The Hall–Kier alpha value is -3.44. The monoisotopic (exact) mass is 397 g/mol. The third kappa shape index (κ3) is 3.09. The van der Waals surface area contributed by atoms with Crippen molar-refractivity contribution in [2.75, 3.05) is 5.32 Å². The van der Waals surface area contributed by atoms with Gasteiger partial charge in [-0.2, -0.15) is 0 Å². The van der Waals surface area contributed by atoms with Crippen LogP contribution in [0.4, 0.5) is 5.69 Å². The number of rotatable bonds is 3. The van der Waals surface area contributed by atoms with E-state index in [0.29, 0.717) is 5.57 Å². The van der Waals surface area contributed by atoms with E-state index < -0.39 is 0 Å². The lowest BCUT2D eigenvalue weighted by atomic mass is 10.0. The van der Waals surface area contributed by atoms with E-state index in [1.165, 1.54) is 5.57 Å². The van der Waals surface area contributed by atoms with E-state index in [0.717, 1.165) is 44.1 Å². The molecule has 0 saturated heterocycles. The normalized spacial score (nSPS) is 15.2. The van der Waals surface area contributed by atoms with Crippen LogP contribution in [0.15, 0.2) is 60.0 Å². The Labute approximate surface area is 172 Å². The van der Waals surface area contributed by atoms with Crippen molar-refractivity contribution >= 4 is 51.1 Å². The highest BCUT2D eigenvalue weighted by Crippen LogP contribution is 2.37. The number of hydrogen-bond acceptors (Lipinski definition) is 3. The van der Waals surface area contributed by atoms with Crippen molar-refractivity contribution in [3.63, 3.8) is 0 Å². The summed E-state index contributed by atoms with van der Waals surface area (Å²) < 4.78 is 0. The zero-order chi connectivity index (χ0) is 20.0. The van der Waals surface area contributed by atoms with Crippen LogP contribution in [0.1, 0.15) is 30.1 Å². The Morgan fingerprint density at radius 1 is 1.14 bits per heavy atom. The van der Waals surface area contributed by atoms with Gasteiger partial charge < -0.3 is 10.3 Å². The summed E-state index contributed by atoms with van der Waals surface area (Å²) in [6.45, 7) is 4.08. The molecule has 5 heteroatoms. The lowest BCUT2D eigenvalue weighted by molar-refractivity contribution is -0.110. The highest BCUT2D eigenvalue weighted by Gasteiger charge is 2.25. The number of amides is 1. The first-order valence-electron chi connectivity index (χ1n) is 9.47. The number of H-pyrrole nitrogens is 1. The second-order valence-corrected chi connectivity index (χ2v) is 7.95. The molecule has 0 unspecified atom stereocenters. The number of allylic oxidation sites excluding steroid dienone is 2. The summed E-state index contributed by atoms with van der Waals surface area (Å²) in [5, 5.41) is 7.18. The summed E-state index contributed by atoms with van der Waals surface area (Å²) in [5.74, 6) is -0.0838. The molecule has 0 spiro atoms. The molecule has 0 atom stereocenters. The molecule has 4 aromatic rings. The molecule has 2 aromatic heterocycles. The van der Waals surface area contributed by atoms with Crippen molar-refractivity contribution in [2.24, 2.45) is 0 Å². The average molecular weight is 398 g/mol. The van der Waals surface area contributed by atoms with E-state index >= 15 is 0 Å². The zero-order valence-corrected chi connectivity index (χ0v) is 16.9. The minimum Gasteiger partial charge on any atom is -0.355 e. The third-order valence-electron chi connectivity index (χ3n) is 5.22. The molecular formula is C24H19N3OS. The Balaban J connectivity index is 1.56. The summed E-state index contributed by atoms with van der Waals surface area (Å²) in [4.78, 5) is 20.7. The van der Waals surface area contributed by atoms with Crippen molar-refractivity contribution in [1.29, 1.82) is 0 Å². The van der Waals surface area contributed by atoms with Gasteiger partial charge in [-0.05, 0) is 55.1 Å². The molecule has 5 rings (SSSR count). The molecule has 142 valence electrons. The molecular weight excluding hydrogens is 378 g/mol. The fraction of sp³-hybridized carbons (Fsp3) is 0.0833. The largest absolute Gasteiger partial charge is 0.355 e. The number of nitrogens with one attached hydrogen (secondary N) is 2. The van der Waals surface area contributed by atoms with Crippen LogP contribution in [0.3, 0.4) is 0 Å². The van der Waals surface area contributed by atoms with Crippen LogP contribution < -0.4 is 5.32 Å². The predicted octanol–water partition coefficient (Wildman–Crippen LogP) is 6.21. The first-order chi connectivity index (χ1) is 14.1. The third-order valence-corrected chi connectivity index (χ3v) is 6.20. The number of carbonyl (C=O) groups excluding carboxylic acids is 1. The predicted molar refractivity (Wildman–Crippen MR) is 122 cm³/mol. The quantitative estimate of drug-likeness (QED) is 0.404. The maximum absolute atomic E-state index is 12.6. The SMILES string of the molecule is CC=C(C)c1nc(-c2ccc3c(c2)C(=Cc2cc4ccccc4[nH]2)C(=O)N3)cs1. The Morgan fingerprint density at radius 3 is 2.83 bits per heavy atom. The number of hydrogen-bond donors (Lipinski definition) is 2. The van der Waals surface area contributed by atoms with Crippen molar-refractivity contribution < 1.29 is 4.79 Å². The van der Waals surface area contributed by atoms with Crippen LogP contribution in [0.25, 0.3) is 39.4 Å². The van der Waals surface area contributed by atoms with Gasteiger partial charge in [0.25, 0.3) is 5.91 Å². The zero-order valence-electron chi connectivity index (χ0n) is 16.1. The van der Waals surface area contributed by atoms with Gasteiger partial charge in [0.1, 0.15) is 5.01 Å². The van der Waals surface area contributed by atoms with E-state index in [4.69, 9.17) is 4.98 Å². The number of anilines is 1. The number of thiazole rings is 1. The lowest BCUT2D eigenvalue weighted by Crippen LogP contribution is -2.03. The number of aromatic nitrogens is 2. The number of benzene rings is 2. The summed E-state index contributed by atoms with van der Waals surface area (Å²) in [5.41, 5.74) is 7.47. The number of para-hydroxylation sites is 1. The van der Waals surface area contributed by atoms with Crippen molar-refractivity contribution in [3.05, 3.63) is 76.3 Å². The van der Waals surface area contributed by atoms with Crippen LogP contribution in [0, 0.1) is 0 Å². The van der Waals surface area contributed by atoms with Gasteiger partial charge in [0.05, 0.1) is 11.3 Å². The van der Waals surface area contributed by atoms with Crippen molar-refractivity contribution in [1.82, 2.24) is 9.97 Å². The molecule has 0 radical (unpaired) electrons. The number of carbonyl (C=O) groups is 1. The van der Waals surface area contributed by atoms with Crippen LogP contribution in [0.5, 0.6) is 0 Å². The highest BCUT2D eigenvalue weighted by atomic mass is 32.1. The van der Waals surface area contributed by atoms with Gasteiger partial charge in [0, 0.05) is 33.4 Å². The molecule has 0 saturated carbocycles. The van der Waals surface area contributed by atoms with E-state index in [9.17, 15) is 4.79 Å². The molecule has 2 aromatic carbocycles. The number of aromatic amines is 1. The van der Waals surface area contributed by atoms with Crippen LogP contribution in [0.2, 0.25) is 0 Å². The number of nitrogens with zero attached hydrogens (tertiary/aromatic N) is 1. The minimum absolute atomic E-state index is 0.0838. The second kappa shape index (κ2) is 6.87. The van der Waals surface area contributed by atoms with Gasteiger partial charge in [-0.3, -0.25) is 4.79 Å². The summed E-state index contributed by atoms with van der Waals surface area (Å²) >= 11 is 1.64. The Morgan fingerprint density at radius 2 is 2.00 bits per heavy atom. The topological polar surface area (TPSA) is 57.8 Å². The van der Waals surface area contributed by atoms with Gasteiger partial charge in [-0.1, -0.05) is 30.3 Å². The van der Waals surface area contributed by atoms with Crippen LogP contribution >= 0.6 is 11.3 Å².